The van der Waals surface area contributed by atoms with Crippen molar-refractivity contribution >= 4 is 51.9 Å². The summed E-state index contributed by atoms with van der Waals surface area (Å²) in [5.41, 5.74) is 7.73. The summed E-state index contributed by atoms with van der Waals surface area (Å²) in [6, 6.07) is 8.50. The molecule has 0 aliphatic heterocycles. The Hall–Kier alpha value is -3.10. The second kappa shape index (κ2) is 8.93. The van der Waals surface area contributed by atoms with Crippen LogP contribution in [0.15, 0.2) is 36.7 Å². The van der Waals surface area contributed by atoms with Crippen LogP contribution in [0.25, 0.3) is 0 Å². The van der Waals surface area contributed by atoms with E-state index < -0.39 is 0 Å². The van der Waals surface area contributed by atoms with E-state index >= 15 is 0 Å². The molecule has 0 aliphatic carbocycles. The second-order valence-electron chi connectivity index (χ2n) is 5.77. The van der Waals surface area contributed by atoms with Crippen LogP contribution in [0.3, 0.4) is 0 Å². The Morgan fingerprint density at radius 3 is 1.97 bits per heavy atom. The van der Waals surface area contributed by atoms with Crippen LogP contribution in [-0.4, -0.2) is 31.3 Å². The monoisotopic (exact) mass is 435 g/mol. The molecule has 0 unspecified atom stereocenters. The molecular weight excluding hydrogens is 417 g/mol. The van der Waals surface area contributed by atoms with Crippen LogP contribution in [0, 0.1) is 0 Å². The molecule has 0 amide bonds. The first-order valence-corrected chi connectivity index (χ1v) is 9.12. The molecular formula is C19H19Cl2N5O3. The molecule has 0 saturated heterocycles. The number of aromatic nitrogens is 2. The van der Waals surface area contributed by atoms with Gasteiger partial charge in [-0.3, -0.25) is 0 Å². The summed E-state index contributed by atoms with van der Waals surface area (Å²) in [5, 5.41) is 7.17. The molecule has 1 heterocycles. The number of methoxy groups -OCH3 is 3. The van der Waals surface area contributed by atoms with Crippen LogP contribution in [0.1, 0.15) is 0 Å². The van der Waals surface area contributed by atoms with Gasteiger partial charge in [0.1, 0.15) is 29.3 Å². The summed E-state index contributed by atoms with van der Waals surface area (Å²) in [4.78, 5) is 8.41. The molecule has 4 N–H and O–H groups in total. The molecule has 2 aromatic carbocycles. The van der Waals surface area contributed by atoms with Gasteiger partial charge in [0.2, 0.25) is 0 Å². The highest BCUT2D eigenvalue weighted by molar-refractivity contribution is 6.32. The molecule has 0 saturated carbocycles. The fourth-order valence-electron chi connectivity index (χ4n) is 2.59. The predicted molar refractivity (Wildman–Crippen MR) is 116 cm³/mol. The number of ether oxygens (including phenoxy) is 3. The van der Waals surface area contributed by atoms with Crippen LogP contribution in [0.4, 0.5) is 28.7 Å². The zero-order valence-corrected chi connectivity index (χ0v) is 17.4. The van der Waals surface area contributed by atoms with Gasteiger partial charge in [0.25, 0.3) is 0 Å². The van der Waals surface area contributed by atoms with E-state index in [2.05, 4.69) is 20.6 Å². The number of anilines is 5. The summed E-state index contributed by atoms with van der Waals surface area (Å²) in [6.07, 6.45) is 1.37. The number of nitrogen functional groups attached to an aromatic ring is 1. The number of rotatable bonds is 7. The van der Waals surface area contributed by atoms with E-state index in [1.807, 2.05) is 0 Å². The Morgan fingerprint density at radius 1 is 0.793 bits per heavy atom. The van der Waals surface area contributed by atoms with Crippen molar-refractivity contribution in [1.82, 2.24) is 9.97 Å². The van der Waals surface area contributed by atoms with Gasteiger partial charge in [-0.2, -0.15) is 0 Å². The van der Waals surface area contributed by atoms with E-state index in [9.17, 15) is 0 Å². The smallest absolute Gasteiger partial charge is 0.159 e. The van der Waals surface area contributed by atoms with Crippen LogP contribution in [0.2, 0.25) is 10.0 Å². The minimum Gasteiger partial charge on any atom is -0.495 e. The van der Waals surface area contributed by atoms with Gasteiger partial charge in [-0.15, -0.1) is 0 Å². The minimum atomic E-state index is 0.281. The molecule has 0 atom stereocenters. The Balaban J connectivity index is 1.94. The number of nitrogens with one attached hydrogen (secondary N) is 2. The van der Waals surface area contributed by atoms with Crippen LogP contribution in [-0.2, 0) is 0 Å². The van der Waals surface area contributed by atoms with E-state index in [1.165, 1.54) is 20.5 Å². The maximum Gasteiger partial charge on any atom is 0.159 e. The maximum absolute atomic E-state index is 6.27. The van der Waals surface area contributed by atoms with Gasteiger partial charge in [0.15, 0.2) is 11.6 Å². The fourth-order valence-corrected chi connectivity index (χ4v) is 3.00. The number of benzene rings is 2. The first-order valence-electron chi connectivity index (χ1n) is 8.36. The Morgan fingerprint density at radius 2 is 1.38 bits per heavy atom. The molecule has 1 aromatic heterocycles. The Labute approximate surface area is 177 Å². The predicted octanol–water partition coefficient (Wildman–Crippen LogP) is 4.88. The van der Waals surface area contributed by atoms with Gasteiger partial charge >= 0.3 is 0 Å². The van der Waals surface area contributed by atoms with Crippen molar-refractivity contribution in [3.63, 3.8) is 0 Å². The SMILES string of the molecule is COc1cc(OC)c(Nc2ncnc(Nc3cc(Cl)ccc3OC)c2N)cc1Cl. The van der Waals surface area contributed by atoms with Gasteiger partial charge < -0.3 is 30.6 Å². The zero-order valence-electron chi connectivity index (χ0n) is 15.9. The van der Waals surface area contributed by atoms with Gasteiger partial charge in [0, 0.05) is 11.1 Å². The Kier molecular flexibility index (Phi) is 6.36. The number of nitrogens with zero attached hydrogens (tertiary/aromatic N) is 2. The highest BCUT2D eigenvalue weighted by Gasteiger charge is 2.15. The number of hydrogen-bond donors (Lipinski definition) is 3. The number of nitrogens with two attached hydrogens (primary N) is 1. The molecule has 0 spiro atoms. The van der Waals surface area contributed by atoms with Crippen molar-refractivity contribution in [1.29, 1.82) is 0 Å². The summed E-state index contributed by atoms with van der Waals surface area (Å²) in [7, 11) is 4.62. The van der Waals surface area contributed by atoms with Crippen molar-refractivity contribution < 1.29 is 14.2 Å². The summed E-state index contributed by atoms with van der Waals surface area (Å²) in [5.74, 6) is 2.32. The molecule has 0 aliphatic rings. The fraction of sp³-hybridized carbons (Fsp3) is 0.158. The molecule has 0 fully saturated rings. The normalized spacial score (nSPS) is 10.4. The lowest BCUT2D eigenvalue weighted by Gasteiger charge is -2.16. The van der Waals surface area contributed by atoms with E-state index in [0.29, 0.717) is 50.3 Å². The molecule has 152 valence electrons. The largest absolute Gasteiger partial charge is 0.495 e. The average Bonchev–Trinajstić information content (AvgIpc) is 2.71. The lowest BCUT2D eigenvalue weighted by Crippen LogP contribution is -2.06. The molecule has 3 rings (SSSR count). The highest BCUT2D eigenvalue weighted by Crippen LogP contribution is 2.39. The quantitative estimate of drug-likeness (QED) is 0.482. The van der Waals surface area contributed by atoms with Crippen LogP contribution >= 0.6 is 23.2 Å². The Bertz CT molecular complexity index is 1030. The van der Waals surface area contributed by atoms with Crippen molar-refractivity contribution in [3.8, 4) is 17.2 Å². The third kappa shape index (κ3) is 4.49. The second-order valence-corrected chi connectivity index (χ2v) is 6.61. The van der Waals surface area contributed by atoms with Crippen LogP contribution in [0.5, 0.6) is 17.2 Å². The standard InChI is InChI=1S/C19H19Cl2N5O3/c1-27-14-5-4-10(20)6-12(14)25-18-17(22)19(24-9-23-18)26-13-7-11(21)15(28-2)8-16(13)29-3/h4-9H,22H2,1-3H3,(H2,23,24,25,26). The third-order valence-electron chi connectivity index (χ3n) is 4.03. The van der Waals surface area contributed by atoms with Gasteiger partial charge in [-0.05, 0) is 24.3 Å². The van der Waals surface area contributed by atoms with E-state index in [0.717, 1.165) is 0 Å². The lowest BCUT2D eigenvalue weighted by atomic mass is 10.2. The molecule has 3 aromatic rings. The molecule has 0 radical (unpaired) electrons. The number of hydrogen-bond acceptors (Lipinski definition) is 8. The minimum absolute atomic E-state index is 0.281. The lowest BCUT2D eigenvalue weighted by molar-refractivity contribution is 0.396. The van der Waals surface area contributed by atoms with Gasteiger partial charge in [-0.1, -0.05) is 23.2 Å². The summed E-state index contributed by atoms with van der Waals surface area (Å²) < 4.78 is 15.9. The van der Waals surface area contributed by atoms with E-state index in [1.54, 1.807) is 37.4 Å². The highest BCUT2D eigenvalue weighted by atomic mass is 35.5. The molecule has 29 heavy (non-hydrogen) atoms. The van der Waals surface area contributed by atoms with Crippen molar-refractivity contribution in [2.75, 3.05) is 37.7 Å². The average molecular weight is 436 g/mol. The molecule has 0 bridgehead atoms. The summed E-state index contributed by atoms with van der Waals surface area (Å²) in [6.45, 7) is 0. The van der Waals surface area contributed by atoms with E-state index in [-0.39, 0.29) is 5.69 Å². The maximum atomic E-state index is 6.27. The van der Waals surface area contributed by atoms with Gasteiger partial charge in [0.05, 0.1) is 37.7 Å². The van der Waals surface area contributed by atoms with Crippen molar-refractivity contribution in [3.05, 3.63) is 46.7 Å². The third-order valence-corrected chi connectivity index (χ3v) is 4.56. The number of halogens is 2. The zero-order chi connectivity index (χ0) is 21.0. The van der Waals surface area contributed by atoms with E-state index in [4.69, 9.17) is 43.1 Å². The van der Waals surface area contributed by atoms with Crippen molar-refractivity contribution in [2.24, 2.45) is 0 Å². The first kappa shape index (κ1) is 20.6. The topological polar surface area (TPSA) is 104 Å². The molecule has 8 nitrogen and oxygen atoms in total. The van der Waals surface area contributed by atoms with Crippen molar-refractivity contribution in [2.45, 2.75) is 0 Å². The first-order chi connectivity index (χ1) is 14.0. The van der Waals surface area contributed by atoms with Crippen LogP contribution < -0.4 is 30.6 Å². The summed E-state index contributed by atoms with van der Waals surface area (Å²) >= 11 is 12.3. The molecule has 10 heteroatoms. The van der Waals surface area contributed by atoms with Gasteiger partial charge in [-0.25, -0.2) is 9.97 Å².